The number of benzene rings is 1. The monoisotopic (exact) mass is 323 g/mol. The first-order chi connectivity index (χ1) is 11.1. The molecule has 1 aromatic carbocycles. The summed E-state index contributed by atoms with van der Waals surface area (Å²) >= 11 is 0. The molecule has 6 heteroatoms. The third kappa shape index (κ3) is 6.80. The van der Waals surface area contributed by atoms with Gasteiger partial charge in [-0.25, -0.2) is 0 Å². The Balaban J connectivity index is 2.77. The minimum atomic E-state index is -0.637. The summed E-state index contributed by atoms with van der Waals surface area (Å²) in [7, 11) is 1.58. The lowest BCUT2D eigenvalue weighted by atomic mass is 10.0. The molecule has 1 unspecified atom stereocenters. The minimum absolute atomic E-state index is 0.0103. The molecule has 0 aliphatic heterocycles. The zero-order valence-electron chi connectivity index (χ0n) is 14.0. The van der Waals surface area contributed by atoms with Crippen molar-refractivity contribution >= 4 is 11.8 Å². The molecule has 0 saturated heterocycles. The van der Waals surface area contributed by atoms with Crippen LogP contribution in [0.5, 0.6) is 5.75 Å². The van der Waals surface area contributed by atoms with E-state index in [1.165, 1.54) is 0 Å². The van der Waals surface area contributed by atoms with E-state index in [1.54, 1.807) is 38.3 Å². The van der Waals surface area contributed by atoms with E-state index in [0.29, 0.717) is 37.7 Å². The highest BCUT2D eigenvalue weighted by atomic mass is 16.5. The largest absolute Gasteiger partial charge is 0.494 e. The van der Waals surface area contributed by atoms with Gasteiger partial charge in [-0.05, 0) is 38.1 Å². The lowest BCUT2D eigenvalue weighted by Crippen LogP contribution is -2.40. The molecule has 0 bridgehead atoms. The lowest BCUT2D eigenvalue weighted by Gasteiger charge is -2.17. The first-order valence-electron chi connectivity index (χ1n) is 7.77. The lowest BCUT2D eigenvalue weighted by molar-refractivity contribution is -0.143. The second-order valence-corrected chi connectivity index (χ2v) is 4.83. The molecule has 0 saturated carbocycles. The molecule has 0 heterocycles. The molecule has 0 spiro atoms. The fourth-order valence-electron chi connectivity index (χ4n) is 2.06. The maximum Gasteiger partial charge on any atom is 0.307 e. The van der Waals surface area contributed by atoms with Crippen LogP contribution in [0.25, 0.3) is 0 Å². The van der Waals surface area contributed by atoms with Crippen LogP contribution in [0.4, 0.5) is 0 Å². The Morgan fingerprint density at radius 3 is 2.39 bits per heavy atom. The second kappa shape index (κ2) is 10.7. The molecule has 1 rings (SSSR count). The zero-order valence-corrected chi connectivity index (χ0v) is 14.0. The quantitative estimate of drug-likeness (QED) is 0.380. The van der Waals surface area contributed by atoms with Crippen LogP contribution in [0, 0.1) is 0 Å². The number of ketones is 1. The predicted molar refractivity (Wildman–Crippen MR) is 86.9 cm³/mol. The van der Waals surface area contributed by atoms with Crippen LogP contribution in [0.2, 0.25) is 0 Å². The van der Waals surface area contributed by atoms with Gasteiger partial charge in [0.2, 0.25) is 0 Å². The van der Waals surface area contributed by atoms with Crippen LogP contribution in [0.3, 0.4) is 0 Å². The summed E-state index contributed by atoms with van der Waals surface area (Å²) in [5.41, 5.74) is 0.521. The van der Waals surface area contributed by atoms with Gasteiger partial charge in [0.05, 0.1) is 32.3 Å². The average Bonchev–Trinajstić information content (AvgIpc) is 2.55. The third-order valence-corrected chi connectivity index (χ3v) is 3.14. The van der Waals surface area contributed by atoms with Gasteiger partial charge < -0.3 is 19.5 Å². The summed E-state index contributed by atoms with van der Waals surface area (Å²) in [6.45, 7) is 5.42. The van der Waals surface area contributed by atoms with Crippen LogP contribution in [-0.2, 0) is 14.3 Å². The summed E-state index contributed by atoms with van der Waals surface area (Å²) in [6.07, 6.45) is -0.0103. The number of esters is 1. The fourth-order valence-corrected chi connectivity index (χ4v) is 2.06. The smallest absolute Gasteiger partial charge is 0.307 e. The van der Waals surface area contributed by atoms with Gasteiger partial charge in [-0.15, -0.1) is 0 Å². The molecule has 0 aliphatic carbocycles. The molecular formula is C17H25NO5. The van der Waals surface area contributed by atoms with E-state index in [0.717, 1.165) is 0 Å². The van der Waals surface area contributed by atoms with Crippen LogP contribution in [0.15, 0.2) is 24.3 Å². The number of nitrogens with one attached hydrogen (secondary N) is 1. The van der Waals surface area contributed by atoms with Crippen molar-refractivity contribution in [3.05, 3.63) is 29.8 Å². The number of hydrogen-bond acceptors (Lipinski definition) is 6. The molecule has 0 radical (unpaired) electrons. The van der Waals surface area contributed by atoms with E-state index in [9.17, 15) is 9.59 Å². The molecule has 0 fully saturated rings. The molecule has 128 valence electrons. The number of carbonyl (C=O) groups excluding carboxylic acids is 2. The molecule has 0 aromatic heterocycles. The average molecular weight is 323 g/mol. The summed E-state index contributed by atoms with van der Waals surface area (Å²) < 4.78 is 15.3. The Labute approximate surface area is 137 Å². The molecule has 1 atom stereocenters. The van der Waals surface area contributed by atoms with E-state index in [4.69, 9.17) is 14.2 Å². The van der Waals surface area contributed by atoms with Crippen LogP contribution < -0.4 is 10.1 Å². The number of hydrogen-bond donors (Lipinski definition) is 1. The summed E-state index contributed by atoms with van der Waals surface area (Å²) in [4.78, 5) is 24.3. The van der Waals surface area contributed by atoms with Gasteiger partial charge in [-0.3, -0.25) is 9.59 Å². The number of Topliss-reactive ketones (excluding diaryl/α,β-unsaturated/α-hetero) is 1. The van der Waals surface area contributed by atoms with Crippen molar-refractivity contribution in [1.82, 2.24) is 5.32 Å². The van der Waals surface area contributed by atoms with Crippen molar-refractivity contribution in [3.8, 4) is 5.75 Å². The maximum absolute atomic E-state index is 12.6. The molecule has 1 N–H and O–H groups in total. The molecule has 6 nitrogen and oxygen atoms in total. The molecular weight excluding hydrogens is 298 g/mol. The fraction of sp³-hybridized carbons (Fsp3) is 0.529. The standard InChI is InChI=1S/C17H25NO5/c1-4-22-14-8-6-13(7-9-14)17(20)15(18-10-11-21-3)12-16(19)23-5-2/h6-9,15,18H,4-5,10-12H2,1-3H3. The first-order valence-corrected chi connectivity index (χ1v) is 7.77. The van der Waals surface area contributed by atoms with Gasteiger partial charge in [-0.2, -0.15) is 0 Å². The highest BCUT2D eigenvalue weighted by Crippen LogP contribution is 2.14. The SMILES string of the molecule is CCOC(=O)CC(NCCOC)C(=O)c1ccc(OCC)cc1. The van der Waals surface area contributed by atoms with Crippen molar-refractivity contribution in [2.75, 3.05) is 33.5 Å². The van der Waals surface area contributed by atoms with Gasteiger partial charge in [-0.1, -0.05) is 0 Å². The second-order valence-electron chi connectivity index (χ2n) is 4.83. The third-order valence-electron chi connectivity index (χ3n) is 3.14. The first kappa shape index (κ1) is 19.1. The molecule has 1 aromatic rings. The minimum Gasteiger partial charge on any atom is -0.494 e. The summed E-state index contributed by atoms with van der Waals surface area (Å²) in [6, 6.07) is 6.25. The zero-order chi connectivity index (χ0) is 17.1. The number of rotatable bonds is 11. The number of methoxy groups -OCH3 is 1. The van der Waals surface area contributed by atoms with E-state index >= 15 is 0 Å². The van der Waals surface area contributed by atoms with Crippen molar-refractivity contribution in [3.63, 3.8) is 0 Å². The Morgan fingerprint density at radius 1 is 1.13 bits per heavy atom. The van der Waals surface area contributed by atoms with Crippen LogP contribution in [0.1, 0.15) is 30.6 Å². The molecule has 23 heavy (non-hydrogen) atoms. The van der Waals surface area contributed by atoms with Gasteiger partial charge in [0.15, 0.2) is 5.78 Å². The predicted octanol–water partition coefficient (Wildman–Crippen LogP) is 1.83. The Bertz CT molecular complexity index is 486. The van der Waals surface area contributed by atoms with Gasteiger partial charge in [0.1, 0.15) is 5.75 Å². The molecule has 0 aliphatic rings. The highest BCUT2D eigenvalue weighted by Gasteiger charge is 2.23. The Hall–Kier alpha value is -1.92. The highest BCUT2D eigenvalue weighted by molar-refractivity contribution is 6.01. The maximum atomic E-state index is 12.6. The van der Waals surface area contributed by atoms with Crippen LogP contribution >= 0.6 is 0 Å². The van der Waals surface area contributed by atoms with Gasteiger partial charge >= 0.3 is 5.97 Å². The van der Waals surface area contributed by atoms with Crippen molar-refractivity contribution in [1.29, 1.82) is 0 Å². The Kier molecular flexibility index (Phi) is 8.94. The topological polar surface area (TPSA) is 73.9 Å². The van der Waals surface area contributed by atoms with E-state index in [2.05, 4.69) is 5.32 Å². The summed E-state index contributed by atoms with van der Waals surface area (Å²) in [5, 5.41) is 3.04. The van der Waals surface area contributed by atoms with Gasteiger partial charge in [0, 0.05) is 19.2 Å². The van der Waals surface area contributed by atoms with Gasteiger partial charge in [0.25, 0.3) is 0 Å². The normalized spacial score (nSPS) is 11.8. The van der Waals surface area contributed by atoms with Crippen molar-refractivity contribution in [2.45, 2.75) is 26.3 Å². The Morgan fingerprint density at radius 2 is 1.83 bits per heavy atom. The van der Waals surface area contributed by atoms with E-state index < -0.39 is 12.0 Å². The van der Waals surface area contributed by atoms with E-state index in [-0.39, 0.29) is 12.2 Å². The molecule has 0 amide bonds. The summed E-state index contributed by atoms with van der Waals surface area (Å²) in [5.74, 6) is 0.150. The van der Waals surface area contributed by atoms with Crippen molar-refractivity contribution < 1.29 is 23.8 Å². The van der Waals surface area contributed by atoms with Crippen LogP contribution in [-0.4, -0.2) is 51.3 Å². The van der Waals surface area contributed by atoms with E-state index in [1.807, 2.05) is 6.92 Å². The van der Waals surface area contributed by atoms with Crippen molar-refractivity contribution in [2.24, 2.45) is 0 Å². The number of carbonyl (C=O) groups is 2. The number of ether oxygens (including phenoxy) is 3.